The average molecular weight is 299 g/mol. The zero-order valence-corrected chi connectivity index (χ0v) is 12.6. The summed E-state index contributed by atoms with van der Waals surface area (Å²) in [6.07, 6.45) is 5.50. The average Bonchev–Trinajstić information content (AvgIpc) is 3.28. The summed E-state index contributed by atoms with van der Waals surface area (Å²) in [5.74, 6) is 0.999. The van der Waals surface area contributed by atoms with Crippen LogP contribution in [-0.2, 0) is 10.2 Å². The number of anilines is 1. The van der Waals surface area contributed by atoms with E-state index in [-0.39, 0.29) is 6.04 Å². The molecule has 1 unspecified atom stereocenters. The molecule has 20 heavy (non-hydrogen) atoms. The minimum absolute atomic E-state index is 0.0536. The zero-order valence-electron chi connectivity index (χ0n) is 11.8. The summed E-state index contributed by atoms with van der Waals surface area (Å²) in [5, 5.41) is 2.95. The van der Waals surface area contributed by atoms with E-state index < -0.39 is 10.2 Å². The Hall–Kier alpha value is -1.25. The predicted octanol–water partition coefficient (Wildman–Crippen LogP) is 0.453. The number of nitrogens with zero attached hydrogens (tertiary/aromatic N) is 3. The molecule has 0 radical (unpaired) electrons. The lowest BCUT2D eigenvalue weighted by atomic mass is 10.2. The minimum Gasteiger partial charge on any atom is -0.353 e. The molecule has 0 amide bonds. The molecular formula is C12H21N5O2S. The van der Waals surface area contributed by atoms with Gasteiger partial charge in [0.1, 0.15) is 0 Å². The van der Waals surface area contributed by atoms with Gasteiger partial charge in [0, 0.05) is 38.6 Å². The topological polar surface area (TPSA) is 87.2 Å². The normalized spacial score (nSPS) is 17.1. The highest BCUT2D eigenvalue weighted by molar-refractivity contribution is 7.87. The SMILES string of the molecule is CC(C1CC1)N(C)S(=O)(=O)NCCNc1ncccn1. The van der Waals surface area contributed by atoms with Crippen LogP contribution in [0.5, 0.6) is 0 Å². The Morgan fingerprint density at radius 1 is 1.35 bits per heavy atom. The number of hydrogen-bond donors (Lipinski definition) is 2. The van der Waals surface area contributed by atoms with Crippen LogP contribution in [-0.4, -0.2) is 48.9 Å². The van der Waals surface area contributed by atoms with E-state index in [0.29, 0.717) is 25.0 Å². The van der Waals surface area contributed by atoms with Crippen LogP contribution in [0, 0.1) is 5.92 Å². The number of aromatic nitrogens is 2. The third-order valence-electron chi connectivity index (χ3n) is 3.52. The van der Waals surface area contributed by atoms with Crippen molar-refractivity contribution < 1.29 is 8.42 Å². The van der Waals surface area contributed by atoms with E-state index in [1.165, 1.54) is 4.31 Å². The predicted molar refractivity (Wildman–Crippen MR) is 77.4 cm³/mol. The molecule has 112 valence electrons. The Morgan fingerprint density at radius 3 is 2.60 bits per heavy atom. The van der Waals surface area contributed by atoms with Crippen molar-refractivity contribution in [3.05, 3.63) is 18.5 Å². The molecule has 0 aliphatic heterocycles. The smallest absolute Gasteiger partial charge is 0.279 e. The van der Waals surface area contributed by atoms with Gasteiger partial charge in [0.15, 0.2) is 0 Å². The Kier molecular flexibility index (Phi) is 4.90. The maximum Gasteiger partial charge on any atom is 0.279 e. The van der Waals surface area contributed by atoms with Gasteiger partial charge in [-0.2, -0.15) is 12.7 Å². The van der Waals surface area contributed by atoms with Crippen molar-refractivity contribution in [1.29, 1.82) is 0 Å². The first kappa shape index (κ1) is 15.1. The molecule has 1 atom stereocenters. The van der Waals surface area contributed by atoms with E-state index in [1.807, 2.05) is 6.92 Å². The first-order chi connectivity index (χ1) is 9.50. The van der Waals surface area contributed by atoms with Crippen LogP contribution in [0.2, 0.25) is 0 Å². The van der Waals surface area contributed by atoms with E-state index >= 15 is 0 Å². The van der Waals surface area contributed by atoms with Crippen LogP contribution in [0.4, 0.5) is 5.95 Å². The molecule has 1 heterocycles. The third kappa shape index (κ3) is 4.12. The van der Waals surface area contributed by atoms with Crippen molar-refractivity contribution in [2.45, 2.75) is 25.8 Å². The molecule has 1 fully saturated rings. The molecule has 2 rings (SSSR count). The summed E-state index contributed by atoms with van der Waals surface area (Å²) in [6, 6.07) is 1.78. The van der Waals surface area contributed by atoms with Crippen molar-refractivity contribution in [1.82, 2.24) is 19.0 Å². The molecule has 0 aromatic carbocycles. The summed E-state index contributed by atoms with van der Waals surface area (Å²) in [6.45, 7) is 2.68. The first-order valence-corrected chi connectivity index (χ1v) is 8.18. The number of nitrogens with one attached hydrogen (secondary N) is 2. The van der Waals surface area contributed by atoms with Crippen LogP contribution in [0.15, 0.2) is 18.5 Å². The molecular weight excluding hydrogens is 278 g/mol. The Bertz CT molecular complexity index is 518. The third-order valence-corrected chi connectivity index (χ3v) is 5.17. The Morgan fingerprint density at radius 2 is 2.00 bits per heavy atom. The van der Waals surface area contributed by atoms with Gasteiger partial charge in [-0.15, -0.1) is 0 Å². The van der Waals surface area contributed by atoms with Gasteiger partial charge >= 0.3 is 0 Å². The molecule has 0 bridgehead atoms. The highest BCUT2D eigenvalue weighted by atomic mass is 32.2. The van der Waals surface area contributed by atoms with E-state index in [1.54, 1.807) is 25.5 Å². The van der Waals surface area contributed by atoms with Crippen molar-refractivity contribution in [3.8, 4) is 0 Å². The molecule has 1 aliphatic rings. The van der Waals surface area contributed by atoms with Gasteiger partial charge < -0.3 is 5.32 Å². The van der Waals surface area contributed by atoms with Gasteiger partial charge in [0.05, 0.1) is 0 Å². The number of hydrogen-bond acceptors (Lipinski definition) is 5. The largest absolute Gasteiger partial charge is 0.353 e. The minimum atomic E-state index is -3.42. The molecule has 1 aromatic heterocycles. The van der Waals surface area contributed by atoms with Gasteiger partial charge in [0.2, 0.25) is 5.95 Å². The van der Waals surface area contributed by atoms with Gasteiger partial charge in [0.25, 0.3) is 10.2 Å². The van der Waals surface area contributed by atoms with Crippen LogP contribution in [0.1, 0.15) is 19.8 Å². The first-order valence-electron chi connectivity index (χ1n) is 6.74. The second-order valence-corrected chi connectivity index (χ2v) is 6.81. The second kappa shape index (κ2) is 6.47. The Labute approximate surface area is 120 Å². The molecule has 7 nitrogen and oxygen atoms in total. The lowest BCUT2D eigenvalue weighted by Gasteiger charge is -2.24. The monoisotopic (exact) mass is 299 g/mol. The standard InChI is InChI=1S/C12H21N5O2S/c1-10(11-4-5-11)17(2)20(18,19)16-9-8-15-12-13-6-3-7-14-12/h3,6-7,10-11,16H,4-5,8-9H2,1-2H3,(H,13,14,15). The molecule has 2 N–H and O–H groups in total. The van der Waals surface area contributed by atoms with Crippen LogP contribution in [0.25, 0.3) is 0 Å². The molecule has 0 spiro atoms. The fourth-order valence-electron chi connectivity index (χ4n) is 1.94. The maximum atomic E-state index is 12.1. The van der Waals surface area contributed by atoms with E-state index in [2.05, 4.69) is 20.0 Å². The summed E-state index contributed by atoms with van der Waals surface area (Å²) < 4.78 is 28.1. The van der Waals surface area contributed by atoms with Crippen molar-refractivity contribution >= 4 is 16.2 Å². The molecule has 8 heteroatoms. The molecule has 1 aromatic rings. The lowest BCUT2D eigenvalue weighted by molar-refractivity contribution is 0.352. The maximum absolute atomic E-state index is 12.1. The van der Waals surface area contributed by atoms with Gasteiger partial charge in [-0.05, 0) is 31.7 Å². The summed E-state index contributed by atoms with van der Waals surface area (Å²) in [7, 11) is -1.79. The van der Waals surface area contributed by atoms with E-state index in [9.17, 15) is 8.42 Å². The van der Waals surface area contributed by atoms with Crippen molar-refractivity contribution in [3.63, 3.8) is 0 Å². The van der Waals surface area contributed by atoms with Gasteiger partial charge in [-0.3, -0.25) is 0 Å². The van der Waals surface area contributed by atoms with Crippen molar-refractivity contribution in [2.24, 2.45) is 5.92 Å². The quantitative estimate of drug-likeness (QED) is 0.681. The lowest BCUT2D eigenvalue weighted by Crippen LogP contribution is -2.45. The highest BCUT2D eigenvalue weighted by Gasteiger charge is 2.35. The highest BCUT2D eigenvalue weighted by Crippen LogP contribution is 2.35. The zero-order chi connectivity index (χ0) is 14.6. The van der Waals surface area contributed by atoms with Gasteiger partial charge in [-0.25, -0.2) is 14.7 Å². The summed E-state index contributed by atoms with van der Waals surface area (Å²) in [5.41, 5.74) is 0. The van der Waals surface area contributed by atoms with Gasteiger partial charge in [-0.1, -0.05) is 0 Å². The molecule has 1 saturated carbocycles. The Balaban J connectivity index is 1.74. The second-order valence-electron chi connectivity index (χ2n) is 4.99. The molecule has 0 saturated heterocycles. The number of rotatable bonds is 8. The van der Waals surface area contributed by atoms with E-state index in [4.69, 9.17) is 0 Å². The summed E-state index contributed by atoms with van der Waals surface area (Å²) in [4.78, 5) is 8.00. The molecule has 1 aliphatic carbocycles. The van der Waals surface area contributed by atoms with E-state index in [0.717, 1.165) is 12.8 Å². The van der Waals surface area contributed by atoms with Crippen LogP contribution >= 0.6 is 0 Å². The van der Waals surface area contributed by atoms with Crippen molar-refractivity contribution in [2.75, 3.05) is 25.5 Å². The van der Waals surface area contributed by atoms with Crippen LogP contribution < -0.4 is 10.0 Å². The fourth-order valence-corrected chi connectivity index (χ4v) is 3.11. The fraction of sp³-hybridized carbons (Fsp3) is 0.667. The summed E-state index contributed by atoms with van der Waals surface area (Å²) >= 11 is 0. The van der Waals surface area contributed by atoms with Crippen LogP contribution in [0.3, 0.4) is 0 Å².